The summed E-state index contributed by atoms with van der Waals surface area (Å²) < 4.78 is 0. The van der Waals surface area contributed by atoms with Crippen LogP contribution < -0.4 is 0 Å². The number of hydrogen-bond acceptors (Lipinski definition) is 4. The van der Waals surface area contributed by atoms with Gasteiger partial charge in [0.1, 0.15) is 0 Å². The van der Waals surface area contributed by atoms with Gasteiger partial charge in [0.15, 0.2) is 5.78 Å². The van der Waals surface area contributed by atoms with Crippen LogP contribution in [0.25, 0.3) is 17.2 Å². The molecular formula is C19H13NO3S. The average Bonchev–Trinajstić information content (AvgIpc) is 3.11. The highest BCUT2D eigenvalue weighted by atomic mass is 32.1. The number of thiophene rings is 1. The van der Waals surface area contributed by atoms with Gasteiger partial charge in [-0.15, -0.1) is 0 Å². The number of nitrogens with zero attached hydrogens (tertiary/aromatic N) is 1. The zero-order valence-electron chi connectivity index (χ0n) is 12.6. The second-order valence-electron chi connectivity index (χ2n) is 5.08. The van der Waals surface area contributed by atoms with Crippen molar-refractivity contribution in [2.75, 3.05) is 0 Å². The summed E-state index contributed by atoms with van der Waals surface area (Å²) in [6.07, 6.45) is 3.15. The summed E-state index contributed by atoms with van der Waals surface area (Å²) in [6.45, 7) is 0. The van der Waals surface area contributed by atoms with Gasteiger partial charge in [0.2, 0.25) is 0 Å². The SMILES string of the molecule is O=C(C=Cc1ccc(-c2ccccc2)cc1)c1ccc([N+](=O)[O-])s1. The van der Waals surface area contributed by atoms with Crippen molar-refractivity contribution in [3.05, 3.63) is 93.4 Å². The van der Waals surface area contributed by atoms with Gasteiger partial charge in [0.05, 0.1) is 9.80 Å². The molecular weight excluding hydrogens is 322 g/mol. The third-order valence-electron chi connectivity index (χ3n) is 3.46. The first kappa shape index (κ1) is 15.8. The normalized spacial score (nSPS) is 10.8. The monoisotopic (exact) mass is 335 g/mol. The van der Waals surface area contributed by atoms with Crippen LogP contribution in [0.2, 0.25) is 0 Å². The molecule has 0 aliphatic rings. The van der Waals surface area contributed by atoms with Crippen LogP contribution in [0, 0.1) is 10.1 Å². The van der Waals surface area contributed by atoms with Gasteiger partial charge < -0.3 is 0 Å². The molecule has 0 atom stereocenters. The molecule has 0 aliphatic heterocycles. The number of carbonyl (C=O) groups is 1. The van der Waals surface area contributed by atoms with Crippen LogP contribution in [-0.4, -0.2) is 10.7 Å². The lowest BCUT2D eigenvalue weighted by Crippen LogP contribution is -1.89. The van der Waals surface area contributed by atoms with E-state index in [1.54, 1.807) is 6.08 Å². The first-order valence-electron chi connectivity index (χ1n) is 7.25. The standard InChI is InChI=1S/C19H13NO3S/c21-17(18-12-13-19(24-18)20(22)23)11-8-14-6-9-16(10-7-14)15-4-2-1-3-5-15/h1-13H. The average molecular weight is 335 g/mol. The van der Waals surface area contributed by atoms with E-state index in [9.17, 15) is 14.9 Å². The number of nitro groups is 1. The number of hydrogen-bond donors (Lipinski definition) is 0. The van der Waals surface area contributed by atoms with Crippen LogP contribution in [0.1, 0.15) is 15.2 Å². The third kappa shape index (κ3) is 3.64. The van der Waals surface area contributed by atoms with Crippen LogP contribution in [-0.2, 0) is 0 Å². The van der Waals surface area contributed by atoms with Gasteiger partial charge in [-0.25, -0.2) is 0 Å². The van der Waals surface area contributed by atoms with Crippen molar-refractivity contribution < 1.29 is 9.72 Å². The summed E-state index contributed by atoms with van der Waals surface area (Å²) in [5.41, 5.74) is 3.14. The topological polar surface area (TPSA) is 60.2 Å². The van der Waals surface area contributed by atoms with E-state index in [2.05, 4.69) is 0 Å². The summed E-state index contributed by atoms with van der Waals surface area (Å²) in [5.74, 6) is -0.236. The quantitative estimate of drug-likeness (QED) is 0.278. The molecule has 3 rings (SSSR count). The minimum Gasteiger partial charge on any atom is -0.288 e. The molecule has 1 heterocycles. The first-order valence-corrected chi connectivity index (χ1v) is 8.07. The highest BCUT2D eigenvalue weighted by Gasteiger charge is 2.13. The van der Waals surface area contributed by atoms with E-state index in [1.807, 2.05) is 54.6 Å². The molecule has 118 valence electrons. The molecule has 0 amide bonds. The second-order valence-corrected chi connectivity index (χ2v) is 6.14. The summed E-state index contributed by atoms with van der Waals surface area (Å²) in [5, 5.41) is 10.6. The maximum atomic E-state index is 12.0. The Balaban J connectivity index is 1.72. The van der Waals surface area contributed by atoms with Crippen molar-refractivity contribution >= 4 is 28.2 Å². The lowest BCUT2D eigenvalue weighted by Gasteiger charge is -2.01. The van der Waals surface area contributed by atoms with Crippen LogP contribution in [0.5, 0.6) is 0 Å². The van der Waals surface area contributed by atoms with Crippen LogP contribution in [0.4, 0.5) is 5.00 Å². The number of allylic oxidation sites excluding steroid dienone is 1. The minimum atomic E-state index is -0.493. The van der Waals surface area contributed by atoms with Crippen LogP contribution >= 0.6 is 11.3 Å². The molecule has 0 radical (unpaired) electrons. The van der Waals surface area contributed by atoms with E-state index < -0.39 is 4.92 Å². The predicted octanol–water partition coefficient (Wildman–Crippen LogP) is 5.22. The largest absolute Gasteiger partial charge is 0.324 e. The zero-order chi connectivity index (χ0) is 16.9. The maximum Gasteiger partial charge on any atom is 0.324 e. The number of ketones is 1. The number of carbonyl (C=O) groups excluding carboxylic acids is 1. The molecule has 3 aromatic rings. The number of rotatable bonds is 5. The Morgan fingerprint density at radius 1 is 0.917 bits per heavy atom. The molecule has 1 aromatic heterocycles. The summed E-state index contributed by atoms with van der Waals surface area (Å²) >= 11 is 0.884. The summed E-state index contributed by atoms with van der Waals surface area (Å²) in [4.78, 5) is 22.6. The Morgan fingerprint density at radius 2 is 1.58 bits per heavy atom. The molecule has 24 heavy (non-hydrogen) atoms. The molecule has 0 bridgehead atoms. The van der Waals surface area contributed by atoms with Crippen molar-refractivity contribution in [1.29, 1.82) is 0 Å². The van der Waals surface area contributed by atoms with Crippen molar-refractivity contribution in [2.45, 2.75) is 0 Å². The minimum absolute atomic E-state index is 0.0287. The molecule has 0 N–H and O–H groups in total. The highest BCUT2D eigenvalue weighted by molar-refractivity contribution is 7.17. The van der Waals surface area contributed by atoms with Gasteiger partial charge >= 0.3 is 5.00 Å². The first-order chi connectivity index (χ1) is 11.6. The fourth-order valence-electron chi connectivity index (χ4n) is 2.23. The van der Waals surface area contributed by atoms with E-state index in [0.29, 0.717) is 4.88 Å². The molecule has 4 nitrogen and oxygen atoms in total. The Hall–Kier alpha value is -3.05. The molecule has 0 spiro atoms. The second kappa shape index (κ2) is 7.02. The molecule has 0 saturated heterocycles. The van der Waals surface area contributed by atoms with E-state index >= 15 is 0 Å². The Labute approximate surface area is 142 Å². The van der Waals surface area contributed by atoms with Crippen LogP contribution in [0.3, 0.4) is 0 Å². The Bertz CT molecular complexity index is 896. The van der Waals surface area contributed by atoms with E-state index in [0.717, 1.165) is 28.0 Å². The van der Waals surface area contributed by atoms with E-state index in [1.165, 1.54) is 18.2 Å². The maximum absolute atomic E-state index is 12.0. The van der Waals surface area contributed by atoms with Gasteiger partial charge in [-0.1, -0.05) is 72.0 Å². The Morgan fingerprint density at radius 3 is 2.21 bits per heavy atom. The molecule has 0 fully saturated rings. The predicted molar refractivity (Wildman–Crippen MR) is 96.2 cm³/mol. The molecule has 2 aromatic carbocycles. The van der Waals surface area contributed by atoms with Crippen molar-refractivity contribution in [1.82, 2.24) is 0 Å². The zero-order valence-corrected chi connectivity index (χ0v) is 13.4. The van der Waals surface area contributed by atoms with Gasteiger partial charge in [0.25, 0.3) is 0 Å². The summed E-state index contributed by atoms with van der Waals surface area (Å²) in [7, 11) is 0. The van der Waals surface area contributed by atoms with Gasteiger partial charge in [-0.2, -0.15) is 0 Å². The molecule has 0 unspecified atom stereocenters. The molecule has 5 heteroatoms. The van der Waals surface area contributed by atoms with E-state index in [-0.39, 0.29) is 10.8 Å². The fourth-order valence-corrected chi connectivity index (χ4v) is 2.97. The van der Waals surface area contributed by atoms with E-state index in [4.69, 9.17) is 0 Å². The third-order valence-corrected chi connectivity index (χ3v) is 4.51. The van der Waals surface area contributed by atoms with Gasteiger partial charge in [-0.05, 0) is 28.8 Å². The smallest absolute Gasteiger partial charge is 0.288 e. The fraction of sp³-hybridized carbons (Fsp3) is 0. The van der Waals surface area contributed by atoms with Gasteiger partial charge in [-0.3, -0.25) is 14.9 Å². The highest BCUT2D eigenvalue weighted by Crippen LogP contribution is 2.25. The molecule has 0 saturated carbocycles. The van der Waals surface area contributed by atoms with Crippen molar-refractivity contribution in [2.24, 2.45) is 0 Å². The Kier molecular flexibility index (Phi) is 4.63. The molecule has 0 aliphatic carbocycles. The van der Waals surface area contributed by atoms with Crippen molar-refractivity contribution in [3.63, 3.8) is 0 Å². The lowest BCUT2D eigenvalue weighted by molar-refractivity contribution is -0.380. The number of benzene rings is 2. The summed E-state index contributed by atoms with van der Waals surface area (Å²) in [6, 6.07) is 20.7. The van der Waals surface area contributed by atoms with Crippen LogP contribution in [0.15, 0.2) is 72.8 Å². The van der Waals surface area contributed by atoms with Crippen molar-refractivity contribution in [3.8, 4) is 11.1 Å². The lowest BCUT2D eigenvalue weighted by atomic mass is 10.0. The van der Waals surface area contributed by atoms with Gasteiger partial charge in [0, 0.05) is 6.07 Å².